The summed E-state index contributed by atoms with van der Waals surface area (Å²) in [4.78, 5) is 20.1. The van der Waals surface area contributed by atoms with Crippen LogP contribution in [0.2, 0.25) is 0 Å². The fourth-order valence-corrected chi connectivity index (χ4v) is 1.46. The molecule has 5 heteroatoms. The van der Waals surface area contributed by atoms with Gasteiger partial charge < -0.3 is 9.40 Å². The molecular formula is C11H11N3O2. The molecule has 0 aliphatic rings. The van der Waals surface area contributed by atoms with Gasteiger partial charge in [-0.2, -0.15) is 0 Å². The van der Waals surface area contributed by atoms with Gasteiger partial charge in [-0.1, -0.05) is 5.16 Å². The van der Waals surface area contributed by atoms with E-state index in [0.29, 0.717) is 5.69 Å². The molecule has 0 spiro atoms. The lowest BCUT2D eigenvalue weighted by Crippen LogP contribution is -2.15. The number of nitrogens with zero attached hydrogens (tertiary/aromatic N) is 3. The Kier molecular flexibility index (Phi) is 2.68. The van der Waals surface area contributed by atoms with Gasteiger partial charge in [0.1, 0.15) is 7.11 Å². The topological polar surface area (TPSA) is 56.5 Å². The second-order valence-electron chi connectivity index (χ2n) is 3.32. The maximum Gasteiger partial charge on any atom is 0.250 e. The predicted molar refractivity (Wildman–Crippen MR) is 61.6 cm³/mol. The molecule has 0 aromatic carbocycles. The SMILES string of the molecule is CO/N=C\c1cc2ccc(=O)n(C)c2cn1. The first kappa shape index (κ1) is 10.4. The summed E-state index contributed by atoms with van der Waals surface area (Å²) in [5.74, 6) is 0. The van der Waals surface area contributed by atoms with Gasteiger partial charge in [0.05, 0.1) is 23.6 Å². The number of aromatic nitrogens is 2. The number of hydrogen-bond donors (Lipinski definition) is 0. The van der Waals surface area contributed by atoms with E-state index in [1.807, 2.05) is 6.07 Å². The third kappa shape index (κ3) is 1.79. The molecule has 2 heterocycles. The maximum atomic E-state index is 11.4. The fourth-order valence-electron chi connectivity index (χ4n) is 1.46. The number of hydrogen-bond acceptors (Lipinski definition) is 4. The van der Waals surface area contributed by atoms with Crippen molar-refractivity contribution in [2.45, 2.75) is 0 Å². The zero-order valence-corrected chi connectivity index (χ0v) is 9.04. The van der Waals surface area contributed by atoms with Gasteiger partial charge in [0.2, 0.25) is 0 Å². The van der Waals surface area contributed by atoms with Crippen molar-refractivity contribution < 1.29 is 4.84 Å². The molecule has 0 saturated carbocycles. The van der Waals surface area contributed by atoms with Crippen molar-refractivity contribution in [3.05, 3.63) is 40.4 Å². The fraction of sp³-hybridized carbons (Fsp3) is 0.182. The Morgan fingerprint density at radius 2 is 2.31 bits per heavy atom. The quantitative estimate of drug-likeness (QED) is 0.555. The van der Waals surface area contributed by atoms with Crippen molar-refractivity contribution >= 4 is 17.1 Å². The van der Waals surface area contributed by atoms with E-state index in [1.54, 1.807) is 23.9 Å². The lowest BCUT2D eigenvalue weighted by molar-refractivity contribution is 0.215. The van der Waals surface area contributed by atoms with E-state index in [2.05, 4.69) is 15.0 Å². The Bertz CT molecular complexity index is 602. The molecule has 0 radical (unpaired) electrons. The molecule has 82 valence electrons. The molecular weight excluding hydrogens is 206 g/mol. The molecule has 0 unspecified atom stereocenters. The predicted octanol–water partition coefficient (Wildman–Crippen LogP) is 0.914. The third-order valence-corrected chi connectivity index (χ3v) is 2.32. The zero-order valence-electron chi connectivity index (χ0n) is 9.04. The molecule has 2 aromatic heterocycles. The van der Waals surface area contributed by atoms with E-state index in [-0.39, 0.29) is 5.56 Å². The number of rotatable bonds is 2. The number of pyridine rings is 2. The van der Waals surface area contributed by atoms with Crippen molar-refractivity contribution in [2.75, 3.05) is 7.11 Å². The van der Waals surface area contributed by atoms with Crippen LogP contribution in [0.3, 0.4) is 0 Å². The second-order valence-corrected chi connectivity index (χ2v) is 3.32. The van der Waals surface area contributed by atoms with Crippen LogP contribution in [-0.4, -0.2) is 22.9 Å². The largest absolute Gasteiger partial charge is 0.399 e. The highest BCUT2D eigenvalue weighted by molar-refractivity contribution is 5.85. The average Bonchev–Trinajstić information content (AvgIpc) is 2.31. The summed E-state index contributed by atoms with van der Waals surface area (Å²) in [6.07, 6.45) is 3.16. The maximum absolute atomic E-state index is 11.4. The molecule has 5 nitrogen and oxygen atoms in total. The lowest BCUT2D eigenvalue weighted by atomic mass is 10.2. The van der Waals surface area contributed by atoms with Gasteiger partial charge in [-0.15, -0.1) is 0 Å². The molecule has 0 amide bonds. The van der Waals surface area contributed by atoms with E-state index in [1.165, 1.54) is 19.4 Å². The molecule has 0 fully saturated rings. The van der Waals surface area contributed by atoms with E-state index in [4.69, 9.17) is 0 Å². The summed E-state index contributed by atoms with van der Waals surface area (Å²) in [6, 6.07) is 5.14. The smallest absolute Gasteiger partial charge is 0.250 e. The molecule has 2 rings (SSSR count). The van der Waals surface area contributed by atoms with Gasteiger partial charge in [0.25, 0.3) is 5.56 Å². The Morgan fingerprint density at radius 1 is 1.50 bits per heavy atom. The van der Waals surface area contributed by atoms with Crippen molar-refractivity contribution in [2.24, 2.45) is 12.2 Å². The first-order valence-electron chi connectivity index (χ1n) is 4.74. The second kappa shape index (κ2) is 4.14. The number of oxime groups is 1. The van der Waals surface area contributed by atoms with Gasteiger partial charge >= 0.3 is 0 Å². The van der Waals surface area contributed by atoms with E-state index < -0.39 is 0 Å². The summed E-state index contributed by atoms with van der Waals surface area (Å²) in [7, 11) is 3.19. The van der Waals surface area contributed by atoms with Crippen molar-refractivity contribution in [3.8, 4) is 0 Å². The molecule has 16 heavy (non-hydrogen) atoms. The summed E-state index contributed by atoms with van der Waals surface area (Å²) in [5, 5.41) is 4.57. The summed E-state index contributed by atoms with van der Waals surface area (Å²) < 4.78 is 1.56. The van der Waals surface area contributed by atoms with Crippen LogP contribution in [0.5, 0.6) is 0 Å². The van der Waals surface area contributed by atoms with Crippen LogP contribution in [0.25, 0.3) is 10.9 Å². The Hall–Kier alpha value is -2.17. The summed E-state index contributed by atoms with van der Waals surface area (Å²) in [5.41, 5.74) is 1.43. The first-order chi connectivity index (χ1) is 7.72. The normalized spacial score (nSPS) is 11.1. The monoisotopic (exact) mass is 217 g/mol. The molecule has 0 saturated heterocycles. The van der Waals surface area contributed by atoms with Crippen LogP contribution in [0.4, 0.5) is 0 Å². The molecule has 0 aliphatic carbocycles. The van der Waals surface area contributed by atoms with Crippen LogP contribution in [0, 0.1) is 0 Å². The highest BCUT2D eigenvalue weighted by atomic mass is 16.6. The number of fused-ring (bicyclic) bond motifs is 1. The van der Waals surface area contributed by atoms with E-state index in [9.17, 15) is 4.79 Å². The molecule has 0 aliphatic heterocycles. The van der Waals surface area contributed by atoms with Crippen molar-refractivity contribution in [3.63, 3.8) is 0 Å². The van der Waals surface area contributed by atoms with E-state index >= 15 is 0 Å². The van der Waals surface area contributed by atoms with Crippen LogP contribution in [0.1, 0.15) is 5.69 Å². The highest BCUT2D eigenvalue weighted by Crippen LogP contribution is 2.10. The van der Waals surface area contributed by atoms with Crippen molar-refractivity contribution in [1.82, 2.24) is 9.55 Å². The Balaban J connectivity index is 2.60. The van der Waals surface area contributed by atoms with Crippen LogP contribution in [0.15, 0.2) is 34.3 Å². The Labute approximate surface area is 92.0 Å². The highest BCUT2D eigenvalue weighted by Gasteiger charge is 2.00. The minimum Gasteiger partial charge on any atom is -0.399 e. The molecule has 0 bridgehead atoms. The van der Waals surface area contributed by atoms with Crippen molar-refractivity contribution in [1.29, 1.82) is 0 Å². The zero-order chi connectivity index (χ0) is 11.5. The molecule has 2 aromatic rings. The van der Waals surface area contributed by atoms with Gasteiger partial charge in [-0.3, -0.25) is 9.78 Å². The van der Waals surface area contributed by atoms with Gasteiger partial charge in [0, 0.05) is 18.5 Å². The molecule has 0 atom stereocenters. The van der Waals surface area contributed by atoms with Crippen LogP contribution < -0.4 is 5.56 Å². The minimum absolute atomic E-state index is 0.0485. The third-order valence-electron chi connectivity index (χ3n) is 2.32. The van der Waals surface area contributed by atoms with Gasteiger partial charge in [-0.25, -0.2) is 0 Å². The first-order valence-corrected chi connectivity index (χ1v) is 4.74. The van der Waals surface area contributed by atoms with E-state index in [0.717, 1.165) is 10.9 Å². The Morgan fingerprint density at radius 3 is 3.06 bits per heavy atom. The minimum atomic E-state index is -0.0485. The number of aryl methyl sites for hydroxylation is 1. The van der Waals surface area contributed by atoms with Crippen LogP contribution in [-0.2, 0) is 11.9 Å². The van der Waals surface area contributed by atoms with Gasteiger partial charge in [-0.05, 0) is 12.1 Å². The summed E-state index contributed by atoms with van der Waals surface area (Å²) in [6.45, 7) is 0. The van der Waals surface area contributed by atoms with Crippen LogP contribution >= 0.6 is 0 Å². The van der Waals surface area contributed by atoms with Gasteiger partial charge in [0.15, 0.2) is 0 Å². The molecule has 0 N–H and O–H groups in total. The summed E-state index contributed by atoms with van der Waals surface area (Å²) >= 11 is 0. The average molecular weight is 217 g/mol. The lowest BCUT2D eigenvalue weighted by Gasteiger charge is -2.03. The standard InChI is InChI=1S/C11H11N3O2/c1-14-10-7-12-9(6-13-16-2)5-8(10)3-4-11(14)15/h3-7H,1-2H3/b13-6-.